The molecule has 0 unspecified atom stereocenters. The molecule has 2 aromatic rings. The van der Waals surface area contributed by atoms with Gasteiger partial charge in [-0.15, -0.1) is 0 Å². The van der Waals surface area contributed by atoms with E-state index in [0.29, 0.717) is 18.9 Å². The summed E-state index contributed by atoms with van der Waals surface area (Å²) >= 11 is 0. The van der Waals surface area contributed by atoms with Crippen LogP contribution in [0.4, 0.5) is 10.3 Å². The molecule has 0 saturated carbocycles. The molecule has 1 aromatic heterocycles. The van der Waals surface area contributed by atoms with Crippen molar-refractivity contribution in [2.45, 2.75) is 23.8 Å². The molecule has 1 aromatic carbocycles. The minimum absolute atomic E-state index is 0.238. The van der Waals surface area contributed by atoms with Gasteiger partial charge in [-0.25, -0.2) is 27.9 Å². The van der Waals surface area contributed by atoms with Crippen LogP contribution in [0.25, 0.3) is 0 Å². The molecular formula is C16H18FN5O3S. The number of hydrogen-bond acceptors (Lipinski definition) is 6. The molecule has 1 fully saturated rings. The summed E-state index contributed by atoms with van der Waals surface area (Å²) in [6.07, 6.45) is 4.80. The third-order valence-corrected chi connectivity index (χ3v) is 5.01. The Labute approximate surface area is 150 Å². The van der Waals surface area contributed by atoms with Crippen LogP contribution in [0, 0.1) is 5.82 Å². The molecule has 1 atom stereocenters. The highest BCUT2D eigenvalue weighted by Gasteiger charge is 2.25. The number of primary sulfonamides is 1. The molecule has 3 N–H and O–H groups in total. The molecule has 138 valence electrons. The number of sulfonamides is 1. The van der Waals surface area contributed by atoms with Gasteiger partial charge in [-0.3, -0.25) is 4.79 Å². The van der Waals surface area contributed by atoms with Crippen molar-refractivity contribution < 1.29 is 17.6 Å². The van der Waals surface area contributed by atoms with Crippen molar-refractivity contribution in [3.05, 3.63) is 48.0 Å². The number of carbonyl (C=O) groups is 1. The summed E-state index contributed by atoms with van der Waals surface area (Å²) in [6, 6.07) is 4.36. The largest absolute Gasteiger partial charge is 0.347 e. The Kier molecular flexibility index (Phi) is 5.14. The number of carbonyl (C=O) groups excluding carboxylic acids is 1. The van der Waals surface area contributed by atoms with Crippen molar-refractivity contribution in [3.8, 4) is 0 Å². The second-order valence-corrected chi connectivity index (χ2v) is 7.56. The van der Waals surface area contributed by atoms with E-state index in [0.717, 1.165) is 31.2 Å². The zero-order chi connectivity index (χ0) is 18.7. The molecule has 2 heterocycles. The number of benzene rings is 1. The summed E-state index contributed by atoms with van der Waals surface area (Å²) in [4.78, 5) is 22.4. The third-order valence-electron chi connectivity index (χ3n) is 4.10. The van der Waals surface area contributed by atoms with Crippen LogP contribution in [0.5, 0.6) is 0 Å². The maximum absolute atomic E-state index is 14.0. The molecule has 0 spiro atoms. The SMILES string of the molecule is NS(=O)(=O)c1ccc(F)c(C(=O)N[C@H]2CCCN(c3ncccn3)C2)c1. The van der Waals surface area contributed by atoms with E-state index in [-0.39, 0.29) is 16.5 Å². The van der Waals surface area contributed by atoms with Gasteiger partial charge in [-0.05, 0) is 37.1 Å². The fourth-order valence-electron chi connectivity index (χ4n) is 2.85. The van der Waals surface area contributed by atoms with Crippen molar-refractivity contribution in [2.75, 3.05) is 18.0 Å². The first-order valence-electron chi connectivity index (χ1n) is 8.00. The molecule has 0 bridgehead atoms. The Hall–Kier alpha value is -2.59. The summed E-state index contributed by atoms with van der Waals surface area (Å²) in [6.45, 7) is 1.23. The second kappa shape index (κ2) is 7.34. The van der Waals surface area contributed by atoms with Crippen LogP contribution in [0.2, 0.25) is 0 Å². The van der Waals surface area contributed by atoms with Crippen molar-refractivity contribution in [1.29, 1.82) is 0 Å². The smallest absolute Gasteiger partial charge is 0.254 e. The maximum atomic E-state index is 14.0. The number of nitrogens with two attached hydrogens (primary N) is 1. The van der Waals surface area contributed by atoms with Crippen LogP contribution in [0.3, 0.4) is 0 Å². The van der Waals surface area contributed by atoms with E-state index in [4.69, 9.17) is 5.14 Å². The Morgan fingerprint density at radius 3 is 2.73 bits per heavy atom. The molecule has 0 aliphatic carbocycles. The zero-order valence-electron chi connectivity index (χ0n) is 13.8. The number of piperidine rings is 1. The number of rotatable bonds is 4. The van der Waals surface area contributed by atoms with Gasteiger partial charge in [-0.1, -0.05) is 0 Å². The van der Waals surface area contributed by atoms with E-state index in [1.54, 1.807) is 18.5 Å². The molecule has 0 radical (unpaired) electrons. The van der Waals surface area contributed by atoms with Gasteiger partial charge in [0.1, 0.15) is 5.82 Å². The van der Waals surface area contributed by atoms with E-state index in [9.17, 15) is 17.6 Å². The van der Waals surface area contributed by atoms with E-state index in [1.807, 2.05) is 4.90 Å². The average Bonchev–Trinajstić information content (AvgIpc) is 2.62. The van der Waals surface area contributed by atoms with E-state index < -0.39 is 21.7 Å². The lowest BCUT2D eigenvalue weighted by Crippen LogP contribution is -2.48. The first-order chi connectivity index (χ1) is 12.3. The van der Waals surface area contributed by atoms with Gasteiger partial charge in [-0.2, -0.15) is 0 Å². The Balaban J connectivity index is 1.74. The quantitative estimate of drug-likeness (QED) is 0.806. The zero-order valence-corrected chi connectivity index (χ0v) is 14.6. The van der Waals surface area contributed by atoms with Gasteiger partial charge in [0.15, 0.2) is 0 Å². The topological polar surface area (TPSA) is 118 Å². The first kappa shape index (κ1) is 18.2. The molecule has 1 amide bonds. The average molecular weight is 379 g/mol. The molecule has 26 heavy (non-hydrogen) atoms. The van der Waals surface area contributed by atoms with Crippen LogP contribution in [-0.4, -0.2) is 43.4 Å². The maximum Gasteiger partial charge on any atom is 0.254 e. The Bertz CT molecular complexity index is 907. The summed E-state index contributed by atoms with van der Waals surface area (Å²) in [5.41, 5.74) is -0.357. The number of hydrogen-bond donors (Lipinski definition) is 2. The number of anilines is 1. The standard InChI is InChI=1S/C16H18FN5O3S/c17-14-5-4-12(26(18,24)25)9-13(14)15(23)21-11-3-1-8-22(10-11)16-19-6-2-7-20-16/h2,4-7,9,11H,1,3,8,10H2,(H,21,23)(H2,18,24,25)/t11-/m0/s1. The first-order valence-corrected chi connectivity index (χ1v) is 9.54. The highest BCUT2D eigenvalue weighted by molar-refractivity contribution is 7.89. The molecule has 1 saturated heterocycles. The third kappa shape index (κ3) is 4.14. The number of nitrogens with one attached hydrogen (secondary N) is 1. The lowest BCUT2D eigenvalue weighted by atomic mass is 10.1. The lowest BCUT2D eigenvalue weighted by Gasteiger charge is -2.33. The molecule has 3 rings (SSSR count). The van der Waals surface area contributed by atoms with Gasteiger partial charge >= 0.3 is 0 Å². The number of halogens is 1. The number of nitrogens with zero attached hydrogens (tertiary/aromatic N) is 3. The fourth-order valence-corrected chi connectivity index (χ4v) is 3.39. The van der Waals surface area contributed by atoms with Crippen LogP contribution in [-0.2, 0) is 10.0 Å². The second-order valence-electron chi connectivity index (χ2n) is 5.99. The molecule has 1 aliphatic rings. The summed E-state index contributed by atoms with van der Waals surface area (Å²) in [5, 5.41) is 7.78. The van der Waals surface area contributed by atoms with Crippen molar-refractivity contribution >= 4 is 21.9 Å². The molecule has 10 heteroatoms. The van der Waals surface area contributed by atoms with Crippen LogP contribution in [0.15, 0.2) is 41.6 Å². The van der Waals surface area contributed by atoms with Gasteiger partial charge in [0.2, 0.25) is 16.0 Å². The highest BCUT2D eigenvalue weighted by atomic mass is 32.2. The highest BCUT2D eigenvalue weighted by Crippen LogP contribution is 2.18. The minimum atomic E-state index is -4.02. The van der Waals surface area contributed by atoms with Crippen LogP contribution >= 0.6 is 0 Å². The van der Waals surface area contributed by atoms with Gasteiger partial charge in [0.25, 0.3) is 5.91 Å². The van der Waals surface area contributed by atoms with Crippen LogP contribution in [0.1, 0.15) is 23.2 Å². The Morgan fingerprint density at radius 1 is 1.31 bits per heavy atom. The fraction of sp³-hybridized carbons (Fsp3) is 0.312. The molecule has 1 aliphatic heterocycles. The van der Waals surface area contributed by atoms with E-state index in [2.05, 4.69) is 15.3 Å². The normalized spacial score (nSPS) is 17.8. The predicted octanol–water partition coefficient (Wildman–Crippen LogP) is 0.662. The summed E-state index contributed by atoms with van der Waals surface area (Å²) in [5.74, 6) is -0.934. The lowest BCUT2D eigenvalue weighted by molar-refractivity contribution is 0.0928. The molecule has 8 nitrogen and oxygen atoms in total. The number of amides is 1. The van der Waals surface area contributed by atoms with Crippen molar-refractivity contribution in [3.63, 3.8) is 0 Å². The van der Waals surface area contributed by atoms with Gasteiger partial charge in [0.05, 0.1) is 10.5 Å². The van der Waals surface area contributed by atoms with E-state index in [1.165, 1.54) is 0 Å². The van der Waals surface area contributed by atoms with E-state index >= 15 is 0 Å². The summed E-state index contributed by atoms with van der Waals surface area (Å²) in [7, 11) is -4.02. The monoisotopic (exact) mass is 379 g/mol. The van der Waals surface area contributed by atoms with Crippen molar-refractivity contribution in [2.24, 2.45) is 5.14 Å². The molecular weight excluding hydrogens is 361 g/mol. The van der Waals surface area contributed by atoms with Gasteiger partial charge in [0, 0.05) is 31.5 Å². The number of aromatic nitrogens is 2. The van der Waals surface area contributed by atoms with Crippen LogP contribution < -0.4 is 15.4 Å². The summed E-state index contributed by atoms with van der Waals surface area (Å²) < 4.78 is 36.8. The minimum Gasteiger partial charge on any atom is -0.347 e. The van der Waals surface area contributed by atoms with Gasteiger partial charge < -0.3 is 10.2 Å². The Morgan fingerprint density at radius 2 is 2.04 bits per heavy atom. The predicted molar refractivity (Wildman–Crippen MR) is 92.5 cm³/mol. The van der Waals surface area contributed by atoms with Crippen molar-refractivity contribution in [1.82, 2.24) is 15.3 Å².